The first-order chi connectivity index (χ1) is 8.17. The maximum absolute atomic E-state index is 12.9. The van der Waals surface area contributed by atoms with Gasteiger partial charge in [0.05, 0.1) is 12.6 Å². The molecule has 0 aromatic heterocycles. The number of anilines is 1. The summed E-state index contributed by atoms with van der Waals surface area (Å²) in [4.78, 5) is 2.13. The third kappa shape index (κ3) is 2.69. The molecule has 0 aliphatic carbocycles. The average Bonchev–Trinajstić information content (AvgIpc) is 2.39. The van der Waals surface area contributed by atoms with Crippen LogP contribution < -0.4 is 15.4 Å². The molecule has 1 atom stereocenters. The number of benzene rings is 1. The lowest BCUT2D eigenvalue weighted by atomic mass is 9.91. The van der Waals surface area contributed by atoms with Crippen LogP contribution in [0.5, 0.6) is 5.75 Å². The third-order valence-corrected chi connectivity index (χ3v) is 3.29. The number of hydrogen-bond donors (Lipinski definition) is 1. The summed E-state index contributed by atoms with van der Waals surface area (Å²) in [6.07, 6.45) is 1.68. The van der Waals surface area contributed by atoms with Crippen molar-refractivity contribution >= 4 is 5.69 Å². The van der Waals surface area contributed by atoms with E-state index >= 15 is 0 Å². The highest BCUT2D eigenvalue weighted by atomic mass is 19.1. The van der Waals surface area contributed by atoms with Gasteiger partial charge in [0.25, 0.3) is 0 Å². The van der Waals surface area contributed by atoms with E-state index in [9.17, 15) is 4.39 Å². The standard InChI is InChI=1S/C13H19FN2O/c1-17-12-5-2-4-11(8-12)16-7-3-6-13(15,9-14)10-16/h2,4-5,8H,3,6-7,9-10,15H2,1H3. The number of alkyl halides is 1. The van der Waals surface area contributed by atoms with Crippen molar-refractivity contribution in [3.63, 3.8) is 0 Å². The number of methoxy groups -OCH3 is 1. The van der Waals surface area contributed by atoms with Crippen molar-refractivity contribution in [2.24, 2.45) is 5.73 Å². The number of rotatable bonds is 3. The Labute approximate surface area is 101 Å². The molecule has 1 aromatic carbocycles. The molecule has 2 N–H and O–H groups in total. The van der Waals surface area contributed by atoms with Gasteiger partial charge in [-0.05, 0) is 25.0 Å². The Morgan fingerprint density at radius 1 is 1.53 bits per heavy atom. The van der Waals surface area contributed by atoms with Crippen LogP contribution in [0.15, 0.2) is 24.3 Å². The van der Waals surface area contributed by atoms with Gasteiger partial charge in [0.1, 0.15) is 12.4 Å². The van der Waals surface area contributed by atoms with Gasteiger partial charge >= 0.3 is 0 Å². The van der Waals surface area contributed by atoms with Gasteiger partial charge in [-0.1, -0.05) is 6.07 Å². The molecule has 1 saturated heterocycles. The van der Waals surface area contributed by atoms with Crippen LogP contribution in [0.1, 0.15) is 12.8 Å². The van der Waals surface area contributed by atoms with Crippen LogP contribution >= 0.6 is 0 Å². The Balaban J connectivity index is 2.16. The maximum Gasteiger partial charge on any atom is 0.120 e. The van der Waals surface area contributed by atoms with E-state index in [2.05, 4.69) is 4.90 Å². The van der Waals surface area contributed by atoms with Gasteiger partial charge in [0.15, 0.2) is 0 Å². The summed E-state index contributed by atoms with van der Waals surface area (Å²) < 4.78 is 18.1. The van der Waals surface area contributed by atoms with Crippen LogP contribution in [0.2, 0.25) is 0 Å². The van der Waals surface area contributed by atoms with Crippen molar-refractivity contribution in [2.75, 3.05) is 31.8 Å². The Morgan fingerprint density at radius 3 is 3.06 bits per heavy atom. The van der Waals surface area contributed by atoms with E-state index in [1.165, 1.54) is 0 Å². The number of ether oxygens (including phenoxy) is 1. The highest BCUT2D eigenvalue weighted by Gasteiger charge is 2.31. The summed E-state index contributed by atoms with van der Waals surface area (Å²) >= 11 is 0. The molecule has 1 unspecified atom stereocenters. The zero-order valence-corrected chi connectivity index (χ0v) is 10.2. The van der Waals surface area contributed by atoms with Crippen molar-refractivity contribution in [1.29, 1.82) is 0 Å². The lowest BCUT2D eigenvalue weighted by molar-refractivity contribution is 0.264. The van der Waals surface area contributed by atoms with E-state index in [0.29, 0.717) is 6.54 Å². The number of nitrogens with zero attached hydrogens (tertiary/aromatic N) is 1. The van der Waals surface area contributed by atoms with E-state index in [1.54, 1.807) is 7.11 Å². The molecule has 3 nitrogen and oxygen atoms in total. The quantitative estimate of drug-likeness (QED) is 0.875. The molecule has 17 heavy (non-hydrogen) atoms. The van der Waals surface area contributed by atoms with Crippen molar-refractivity contribution in [2.45, 2.75) is 18.4 Å². The van der Waals surface area contributed by atoms with Gasteiger partial charge in [-0.3, -0.25) is 0 Å². The molecule has 2 rings (SSSR count). The molecule has 1 aromatic rings. The molecule has 0 spiro atoms. The Bertz CT molecular complexity index is 385. The van der Waals surface area contributed by atoms with Crippen molar-refractivity contribution in [3.8, 4) is 5.75 Å². The molecular formula is C13H19FN2O. The van der Waals surface area contributed by atoms with Gasteiger partial charge < -0.3 is 15.4 Å². The molecule has 0 radical (unpaired) electrons. The van der Waals surface area contributed by atoms with Crippen LogP contribution in [0.3, 0.4) is 0 Å². The summed E-state index contributed by atoms with van der Waals surface area (Å²) in [6.45, 7) is 1.02. The molecule has 1 heterocycles. The van der Waals surface area contributed by atoms with E-state index in [0.717, 1.165) is 30.8 Å². The summed E-state index contributed by atoms with van der Waals surface area (Å²) in [7, 11) is 1.64. The third-order valence-electron chi connectivity index (χ3n) is 3.29. The van der Waals surface area contributed by atoms with E-state index < -0.39 is 12.2 Å². The summed E-state index contributed by atoms with van der Waals surface area (Å²) in [5, 5.41) is 0. The summed E-state index contributed by atoms with van der Waals surface area (Å²) in [5.41, 5.74) is 6.36. The number of hydrogen-bond acceptors (Lipinski definition) is 3. The molecule has 0 bridgehead atoms. The lowest BCUT2D eigenvalue weighted by Gasteiger charge is -2.39. The number of piperidine rings is 1. The zero-order valence-electron chi connectivity index (χ0n) is 10.2. The molecule has 4 heteroatoms. The first-order valence-electron chi connectivity index (χ1n) is 5.91. The zero-order chi connectivity index (χ0) is 12.3. The summed E-state index contributed by atoms with van der Waals surface area (Å²) in [5.74, 6) is 0.816. The highest BCUT2D eigenvalue weighted by Crippen LogP contribution is 2.27. The van der Waals surface area contributed by atoms with Crippen molar-refractivity contribution in [1.82, 2.24) is 0 Å². The van der Waals surface area contributed by atoms with E-state index in [4.69, 9.17) is 10.5 Å². The average molecular weight is 238 g/mol. The predicted molar refractivity (Wildman–Crippen MR) is 67.3 cm³/mol. The maximum atomic E-state index is 12.9. The molecule has 1 aliphatic rings. The highest BCUT2D eigenvalue weighted by molar-refractivity contribution is 5.51. The Morgan fingerprint density at radius 2 is 2.35 bits per heavy atom. The second-order valence-electron chi connectivity index (χ2n) is 4.72. The number of halogens is 1. The van der Waals surface area contributed by atoms with Crippen molar-refractivity contribution in [3.05, 3.63) is 24.3 Å². The second-order valence-corrected chi connectivity index (χ2v) is 4.72. The summed E-state index contributed by atoms with van der Waals surface area (Å²) in [6, 6.07) is 7.81. The van der Waals surface area contributed by atoms with Crippen LogP contribution in [0.25, 0.3) is 0 Å². The Hall–Kier alpha value is -1.29. The molecular weight excluding hydrogens is 219 g/mol. The van der Waals surface area contributed by atoms with Crippen LogP contribution in [0.4, 0.5) is 10.1 Å². The largest absolute Gasteiger partial charge is 0.497 e. The molecule has 94 valence electrons. The minimum atomic E-state index is -0.693. The fraction of sp³-hybridized carbons (Fsp3) is 0.538. The number of nitrogens with two attached hydrogens (primary N) is 1. The van der Waals surface area contributed by atoms with Gasteiger partial charge in [-0.2, -0.15) is 0 Å². The van der Waals surface area contributed by atoms with Crippen LogP contribution in [-0.4, -0.2) is 32.4 Å². The normalized spacial score (nSPS) is 24.8. The monoisotopic (exact) mass is 238 g/mol. The molecule has 0 saturated carbocycles. The van der Waals surface area contributed by atoms with Gasteiger partial charge in [0.2, 0.25) is 0 Å². The molecule has 0 amide bonds. The topological polar surface area (TPSA) is 38.5 Å². The van der Waals surface area contributed by atoms with Gasteiger partial charge in [-0.25, -0.2) is 4.39 Å². The fourth-order valence-electron chi connectivity index (χ4n) is 2.30. The lowest BCUT2D eigenvalue weighted by Crippen LogP contribution is -2.56. The second kappa shape index (κ2) is 4.92. The predicted octanol–water partition coefficient (Wildman–Crippen LogP) is 1.96. The Kier molecular flexibility index (Phi) is 3.52. The van der Waals surface area contributed by atoms with E-state index in [-0.39, 0.29) is 0 Å². The van der Waals surface area contributed by atoms with Crippen LogP contribution in [-0.2, 0) is 0 Å². The van der Waals surface area contributed by atoms with Gasteiger partial charge in [0, 0.05) is 24.8 Å². The SMILES string of the molecule is COc1cccc(N2CCCC(N)(CF)C2)c1. The van der Waals surface area contributed by atoms with Crippen molar-refractivity contribution < 1.29 is 9.13 Å². The molecule has 1 fully saturated rings. The fourth-order valence-corrected chi connectivity index (χ4v) is 2.30. The smallest absolute Gasteiger partial charge is 0.120 e. The molecule has 1 aliphatic heterocycles. The minimum Gasteiger partial charge on any atom is -0.497 e. The first kappa shape index (κ1) is 12.2. The minimum absolute atomic E-state index is 0.465. The van der Waals surface area contributed by atoms with E-state index in [1.807, 2.05) is 24.3 Å². The van der Waals surface area contributed by atoms with Gasteiger partial charge in [-0.15, -0.1) is 0 Å². The first-order valence-corrected chi connectivity index (χ1v) is 5.91. The van der Waals surface area contributed by atoms with Crippen LogP contribution in [0, 0.1) is 0 Å².